The van der Waals surface area contributed by atoms with Crippen LogP contribution in [0.5, 0.6) is 0 Å². The number of fused-ring (bicyclic) bond motifs is 1. The fourth-order valence-corrected chi connectivity index (χ4v) is 6.67. The number of likely N-dealkylation sites (tertiary alicyclic amines) is 1. The first kappa shape index (κ1) is 26.1. The quantitative estimate of drug-likeness (QED) is 0.494. The molecule has 2 aromatic rings. The molecule has 2 aromatic carbocycles. The van der Waals surface area contributed by atoms with Gasteiger partial charge in [-0.3, -0.25) is 9.69 Å². The van der Waals surface area contributed by atoms with Crippen LogP contribution in [0.25, 0.3) is 0 Å². The van der Waals surface area contributed by atoms with Gasteiger partial charge in [0, 0.05) is 11.6 Å². The van der Waals surface area contributed by atoms with Gasteiger partial charge in [0.1, 0.15) is 6.10 Å². The molecule has 1 heterocycles. The van der Waals surface area contributed by atoms with E-state index in [4.69, 9.17) is 11.6 Å². The predicted octanol–water partition coefficient (Wildman–Crippen LogP) is 3.02. The lowest BCUT2D eigenvalue weighted by Gasteiger charge is -2.30. The highest BCUT2D eigenvalue weighted by atomic mass is 35.5. The summed E-state index contributed by atoms with van der Waals surface area (Å²) >= 11 is 5.87. The first-order valence-corrected chi connectivity index (χ1v) is 14.2. The molecule has 0 saturated carbocycles. The number of nitrogens with one attached hydrogen (secondary N) is 1. The van der Waals surface area contributed by atoms with Crippen LogP contribution < -0.4 is 5.32 Å². The monoisotopic (exact) mass is 520 g/mol. The molecule has 1 amide bonds. The maximum absolute atomic E-state index is 12.7. The van der Waals surface area contributed by atoms with Crippen molar-refractivity contribution < 1.29 is 23.4 Å². The molecule has 1 aliphatic carbocycles. The number of aryl methyl sites for hydroxylation is 1. The summed E-state index contributed by atoms with van der Waals surface area (Å²) in [6.45, 7) is 3.18. The molecule has 9 heteroatoms. The van der Waals surface area contributed by atoms with Gasteiger partial charge in [-0.1, -0.05) is 42.3 Å². The average molecular weight is 521 g/mol. The van der Waals surface area contributed by atoms with E-state index in [-0.39, 0.29) is 16.0 Å². The van der Waals surface area contributed by atoms with Crippen molar-refractivity contribution in [1.29, 1.82) is 0 Å². The minimum absolute atomic E-state index is 0.0711. The Kier molecular flexibility index (Phi) is 8.50. The van der Waals surface area contributed by atoms with Crippen LogP contribution in [0, 0.1) is 0 Å². The van der Waals surface area contributed by atoms with Crippen molar-refractivity contribution in [2.75, 3.05) is 18.8 Å². The standard InChI is InChI=1S/C26H33ClN2O5S/c27-20-7-5-8-21(15-20)35(33,34)17-24(30)25(31)26(32)28-23-9-4-6-19-14-18(10-11-22(19)23)16-29-12-2-1-3-13-29/h5,7-8,10-11,14-15,23-25,30-31H,1-4,6,9,12-13,16-17H2,(H,28,32)/t23-,24-,25-/m1/s1. The number of rotatable bonds is 8. The molecular weight excluding hydrogens is 488 g/mol. The fourth-order valence-electron chi connectivity index (χ4n) is 5.00. The molecule has 3 atom stereocenters. The topological polar surface area (TPSA) is 107 Å². The van der Waals surface area contributed by atoms with Crippen molar-refractivity contribution in [3.63, 3.8) is 0 Å². The first-order valence-electron chi connectivity index (χ1n) is 12.2. The molecule has 3 N–H and O–H groups in total. The van der Waals surface area contributed by atoms with Crippen LogP contribution in [-0.4, -0.2) is 60.5 Å². The summed E-state index contributed by atoms with van der Waals surface area (Å²) in [5, 5.41) is 23.8. The number of carbonyl (C=O) groups is 1. The third-order valence-electron chi connectivity index (χ3n) is 6.87. The normalized spacial score (nSPS) is 20.6. The zero-order chi connectivity index (χ0) is 25.0. The van der Waals surface area contributed by atoms with Crippen molar-refractivity contribution in [2.45, 2.75) is 68.2 Å². The lowest BCUT2D eigenvalue weighted by Crippen LogP contribution is -2.46. The van der Waals surface area contributed by atoms with Crippen LogP contribution in [-0.2, 0) is 27.6 Å². The lowest BCUT2D eigenvalue weighted by molar-refractivity contribution is -0.135. The van der Waals surface area contributed by atoms with Crippen LogP contribution >= 0.6 is 11.6 Å². The second kappa shape index (κ2) is 11.4. The Labute approximate surface area is 212 Å². The summed E-state index contributed by atoms with van der Waals surface area (Å²) in [5.41, 5.74) is 3.47. The number of amides is 1. The van der Waals surface area contributed by atoms with Gasteiger partial charge in [-0.2, -0.15) is 0 Å². The molecule has 1 fully saturated rings. The van der Waals surface area contributed by atoms with Crippen LogP contribution in [0.1, 0.15) is 54.8 Å². The van der Waals surface area contributed by atoms with Gasteiger partial charge in [0.05, 0.1) is 16.7 Å². The highest BCUT2D eigenvalue weighted by molar-refractivity contribution is 7.91. The van der Waals surface area contributed by atoms with E-state index < -0.39 is 33.7 Å². The third kappa shape index (κ3) is 6.62. The number of halogens is 1. The number of carbonyl (C=O) groups excluding carboxylic acids is 1. The Morgan fingerprint density at radius 2 is 1.86 bits per heavy atom. The molecule has 1 saturated heterocycles. The molecule has 0 bridgehead atoms. The molecule has 0 unspecified atom stereocenters. The third-order valence-corrected chi connectivity index (χ3v) is 8.86. The Morgan fingerprint density at radius 1 is 1.09 bits per heavy atom. The summed E-state index contributed by atoms with van der Waals surface area (Å²) in [7, 11) is -3.94. The van der Waals surface area contributed by atoms with Crippen molar-refractivity contribution in [3.8, 4) is 0 Å². The van der Waals surface area contributed by atoms with Crippen LogP contribution in [0.3, 0.4) is 0 Å². The maximum atomic E-state index is 12.7. The summed E-state index contributed by atoms with van der Waals surface area (Å²) in [6, 6.07) is 11.7. The van der Waals surface area contributed by atoms with Gasteiger partial charge in [0.2, 0.25) is 0 Å². The molecule has 0 radical (unpaired) electrons. The van der Waals surface area contributed by atoms with Gasteiger partial charge < -0.3 is 15.5 Å². The molecule has 4 rings (SSSR count). The number of hydrogen-bond acceptors (Lipinski definition) is 6. The molecule has 0 spiro atoms. The first-order chi connectivity index (χ1) is 16.7. The highest BCUT2D eigenvalue weighted by Crippen LogP contribution is 2.31. The summed E-state index contributed by atoms with van der Waals surface area (Å²) in [5.74, 6) is -1.57. The SMILES string of the molecule is O=C(N[C@@H]1CCCc2cc(CN3CCCCC3)ccc21)[C@H](O)[C@H](O)CS(=O)(=O)c1cccc(Cl)c1. The van der Waals surface area contributed by atoms with Gasteiger partial charge in [-0.15, -0.1) is 0 Å². The second-order valence-electron chi connectivity index (χ2n) is 9.57. The molecule has 1 aliphatic heterocycles. The lowest BCUT2D eigenvalue weighted by atomic mass is 9.86. The minimum atomic E-state index is -3.94. The van der Waals surface area contributed by atoms with Gasteiger partial charge >= 0.3 is 0 Å². The summed E-state index contributed by atoms with van der Waals surface area (Å²) < 4.78 is 25.2. The van der Waals surface area contributed by atoms with Crippen LogP contribution in [0.2, 0.25) is 5.02 Å². The van der Waals surface area contributed by atoms with E-state index in [1.165, 1.54) is 54.7 Å². The number of benzene rings is 2. The van der Waals surface area contributed by atoms with Gasteiger partial charge in [-0.25, -0.2) is 8.42 Å². The molecule has 2 aliphatic rings. The Hall–Kier alpha value is -1.97. The maximum Gasteiger partial charge on any atom is 0.252 e. The molecular formula is C26H33ClN2O5S. The number of hydrogen-bond donors (Lipinski definition) is 3. The molecule has 190 valence electrons. The average Bonchev–Trinajstić information content (AvgIpc) is 2.84. The zero-order valence-corrected chi connectivity index (χ0v) is 21.3. The van der Waals surface area contributed by atoms with Crippen molar-refractivity contribution in [3.05, 3.63) is 64.2 Å². The number of sulfone groups is 1. The molecule has 7 nitrogen and oxygen atoms in total. The number of piperidine rings is 1. The largest absolute Gasteiger partial charge is 0.389 e. The van der Waals surface area contributed by atoms with E-state index in [2.05, 4.69) is 22.3 Å². The minimum Gasteiger partial charge on any atom is -0.389 e. The van der Waals surface area contributed by atoms with Gasteiger partial charge in [-0.05, 0) is 80.1 Å². The number of nitrogens with zero attached hydrogens (tertiary/aromatic N) is 1. The van der Waals surface area contributed by atoms with E-state index in [1.807, 2.05) is 6.07 Å². The Balaban J connectivity index is 1.38. The van der Waals surface area contributed by atoms with E-state index in [9.17, 15) is 23.4 Å². The Morgan fingerprint density at radius 3 is 2.60 bits per heavy atom. The molecule has 35 heavy (non-hydrogen) atoms. The highest BCUT2D eigenvalue weighted by Gasteiger charge is 2.32. The van der Waals surface area contributed by atoms with Crippen LogP contribution in [0.4, 0.5) is 0 Å². The van der Waals surface area contributed by atoms with E-state index in [1.54, 1.807) is 0 Å². The van der Waals surface area contributed by atoms with E-state index in [0.717, 1.165) is 38.0 Å². The van der Waals surface area contributed by atoms with Gasteiger partial charge in [0.15, 0.2) is 15.9 Å². The summed E-state index contributed by atoms with van der Waals surface area (Å²) in [6.07, 6.45) is 2.69. The molecule has 0 aromatic heterocycles. The Bertz CT molecular complexity index is 1150. The van der Waals surface area contributed by atoms with Crippen molar-refractivity contribution in [2.24, 2.45) is 0 Å². The van der Waals surface area contributed by atoms with Crippen LogP contribution in [0.15, 0.2) is 47.4 Å². The van der Waals surface area contributed by atoms with E-state index in [0.29, 0.717) is 6.42 Å². The summed E-state index contributed by atoms with van der Waals surface area (Å²) in [4.78, 5) is 15.1. The second-order valence-corrected chi connectivity index (χ2v) is 12.0. The van der Waals surface area contributed by atoms with E-state index >= 15 is 0 Å². The smallest absolute Gasteiger partial charge is 0.252 e. The van der Waals surface area contributed by atoms with Gasteiger partial charge in [0.25, 0.3) is 5.91 Å². The van der Waals surface area contributed by atoms with Crippen molar-refractivity contribution in [1.82, 2.24) is 10.2 Å². The number of aliphatic hydroxyl groups excluding tert-OH is 2. The van der Waals surface area contributed by atoms with Crippen molar-refractivity contribution >= 4 is 27.3 Å². The number of aliphatic hydroxyl groups is 2. The zero-order valence-electron chi connectivity index (χ0n) is 19.7. The fraction of sp³-hybridized carbons (Fsp3) is 0.500. The predicted molar refractivity (Wildman–Crippen MR) is 135 cm³/mol.